The summed E-state index contributed by atoms with van der Waals surface area (Å²) < 4.78 is 0. The molecular weight excluding hydrogens is 448 g/mol. The zero-order valence-electron chi connectivity index (χ0n) is 21.1. The van der Waals surface area contributed by atoms with Gasteiger partial charge in [-0.25, -0.2) is 9.59 Å². The van der Waals surface area contributed by atoms with Crippen LogP contribution in [0.3, 0.4) is 0 Å². The van der Waals surface area contributed by atoms with Gasteiger partial charge in [0.2, 0.25) is 0 Å². The van der Waals surface area contributed by atoms with Crippen LogP contribution < -0.4 is 5.73 Å². The molecule has 0 amide bonds. The number of hydrogen-bond donors (Lipinski definition) is 3. The largest absolute Gasteiger partial charge is 0.478 e. The van der Waals surface area contributed by atoms with Gasteiger partial charge in [0, 0.05) is 35.3 Å². The van der Waals surface area contributed by atoms with Crippen LogP contribution in [-0.2, 0) is 31.1 Å². The Morgan fingerprint density at radius 1 is 1.20 bits per heavy atom. The SMILES string of the molecule is CC(C)c1ccc2c(c1)CC(=O)C1[C@@](C)(/C=N/OCCCN)CCC[C@]21C.O=C(O)/C=C/C(=O)O. The van der Waals surface area contributed by atoms with Gasteiger partial charge in [-0.2, -0.15) is 0 Å². The lowest BCUT2D eigenvalue weighted by molar-refractivity contribution is -0.134. The topological polar surface area (TPSA) is 139 Å². The fraction of sp³-hybridized carbons (Fsp3) is 0.556. The van der Waals surface area contributed by atoms with Gasteiger partial charge in [0.15, 0.2) is 0 Å². The first-order valence-corrected chi connectivity index (χ1v) is 12.1. The van der Waals surface area contributed by atoms with Crippen molar-refractivity contribution in [1.29, 1.82) is 0 Å². The molecule has 2 aliphatic carbocycles. The van der Waals surface area contributed by atoms with Crippen LogP contribution >= 0.6 is 0 Å². The number of hydrogen-bond acceptors (Lipinski definition) is 6. The molecule has 3 rings (SSSR count). The van der Waals surface area contributed by atoms with Crippen molar-refractivity contribution in [2.45, 2.75) is 71.1 Å². The first-order valence-electron chi connectivity index (χ1n) is 12.1. The van der Waals surface area contributed by atoms with Crippen molar-refractivity contribution in [2.24, 2.45) is 22.2 Å². The number of carboxylic acid groups (broad SMARTS) is 2. The van der Waals surface area contributed by atoms with E-state index in [0.717, 1.165) is 25.7 Å². The number of oxime groups is 1. The Balaban J connectivity index is 0.000000466. The Kier molecular flexibility index (Phi) is 9.77. The van der Waals surface area contributed by atoms with Gasteiger partial charge in [0.05, 0.1) is 6.21 Å². The van der Waals surface area contributed by atoms with Crippen LogP contribution in [0.5, 0.6) is 0 Å². The number of carbonyl (C=O) groups excluding carboxylic acids is 1. The highest BCUT2D eigenvalue weighted by molar-refractivity contribution is 5.92. The fourth-order valence-corrected chi connectivity index (χ4v) is 5.47. The number of rotatable bonds is 8. The molecule has 8 nitrogen and oxygen atoms in total. The van der Waals surface area contributed by atoms with Crippen molar-refractivity contribution in [1.82, 2.24) is 0 Å². The minimum absolute atomic E-state index is 0.0435. The van der Waals surface area contributed by atoms with Crippen LogP contribution in [-0.4, -0.2) is 47.3 Å². The molecule has 0 aliphatic heterocycles. The Labute approximate surface area is 207 Å². The van der Waals surface area contributed by atoms with Crippen molar-refractivity contribution in [3.63, 3.8) is 0 Å². The van der Waals surface area contributed by atoms with Crippen molar-refractivity contribution in [3.05, 3.63) is 47.0 Å². The first kappa shape index (κ1) is 28.2. The summed E-state index contributed by atoms with van der Waals surface area (Å²) in [6.45, 7) is 9.99. The number of ketones is 1. The third kappa shape index (κ3) is 7.01. The van der Waals surface area contributed by atoms with E-state index in [2.05, 4.69) is 51.0 Å². The summed E-state index contributed by atoms with van der Waals surface area (Å²) in [5.74, 6) is -1.73. The van der Waals surface area contributed by atoms with Gasteiger partial charge in [0.25, 0.3) is 0 Å². The monoisotopic (exact) mass is 486 g/mol. The van der Waals surface area contributed by atoms with E-state index in [1.807, 2.05) is 6.21 Å². The highest BCUT2D eigenvalue weighted by atomic mass is 16.6. The molecule has 1 saturated carbocycles. The van der Waals surface area contributed by atoms with Crippen LogP contribution in [0.2, 0.25) is 0 Å². The Morgan fingerprint density at radius 3 is 2.43 bits per heavy atom. The lowest BCUT2D eigenvalue weighted by atomic mass is 9.49. The zero-order chi connectivity index (χ0) is 26.2. The lowest BCUT2D eigenvalue weighted by Gasteiger charge is -2.52. The highest BCUT2D eigenvalue weighted by Gasteiger charge is 2.55. The predicted molar refractivity (Wildman–Crippen MR) is 135 cm³/mol. The standard InChI is InChI=1S/C23H34N2O2.C4H4O4/c1-16(2)17-7-8-19-18(13-17)14-20(26)21-22(3,9-5-10-23(19,21)4)15-25-27-12-6-11-24;5-3(6)1-2-4(7)8/h7-8,13,15-16,21H,5-6,9-12,14,24H2,1-4H3;1-2H,(H,5,6)(H,7,8)/b25-15+;2-1+/t21?,22-,23-;/m1./s1. The summed E-state index contributed by atoms with van der Waals surface area (Å²) in [6, 6.07) is 6.79. The van der Waals surface area contributed by atoms with Crippen LogP contribution in [0.4, 0.5) is 0 Å². The lowest BCUT2D eigenvalue weighted by Crippen LogP contribution is -2.54. The number of nitrogens with two attached hydrogens (primary N) is 1. The summed E-state index contributed by atoms with van der Waals surface area (Å²) in [5, 5.41) is 19.8. The molecule has 1 aromatic carbocycles. The maximum absolute atomic E-state index is 13.3. The van der Waals surface area contributed by atoms with Gasteiger partial charge in [0.1, 0.15) is 12.4 Å². The van der Waals surface area contributed by atoms with E-state index in [4.69, 9.17) is 20.8 Å². The number of aliphatic carboxylic acids is 2. The number of benzene rings is 1. The molecule has 0 bridgehead atoms. The molecule has 1 fully saturated rings. The Bertz CT molecular complexity index is 970. The van der Waals surface area contributed by atoms with Crippen molar-refractivity contribution >= 4 is 23.9 Å². The van der Waals surface area contributed by atoms with Gasteiger partial charge in [-0.05, 0) is 48.4 Å². The second-order valence-corrected chi connectivity index (χ2v) is 10.1. The minimum atomic E-state index is -1.26. The molecule has 0 saturated heterocycles. The second kappa shape index (κ2) is 12.1. The van der Waals surface area contributed by atoms with Gasteiger partial charge in [-0.15, -0.1) is 0 Å². The Hall–Kier alpha value is -3.00. The number of carboxylic acids is 2. The molecule has 0 radical (unpaired) electrons. The Morgan fingerprint density at radius 2 is 1.86 bits per heavy atom. The normalized spacial score (nSPS) is 25.7. The average molecular weight is 487 g/mol. The number of nitrogens with zero attached hydrogens (tertiary/aromatic N) is 1. The molecule has 1 aromatic rings. The molecule has 3 atom stereocenters. The average Bonchev–Trinajstić information content (AvgIpc) is 2.77. The summed E-state index contributed by atoms with van der Waals surface area (Å²) in [6.07, 6.45) is 7.46. The van der Waals surface area contributed by atoms with Crippen molar-refractivity contribution < 1.29 is 29.4 Å². The number of Topliss-reactive ketones (excluding diaryl/α,β-unsaturated/α-hetero) is 1. The van der Waals surface area contributed by atoms with E-state index in [9.17, 15) is 14.4 Å². The summed E-state index contributed by atoms with van der Waals surface area (Å²) in [7, 11) is 0. The molecule has 8 heteroatoms. The van der Waals surface area contributed by atoms with Gasteiger partial charge in [-0.3, -0.25) is 4.79 Å². The van der Waals surface area contributed by atoms with Crippen LogP contribution in [0, 0.1) is 11.3 Å². The number of carbonyl (C=O) groups is 3. The molecule has 35 heavy (non-hydrogen) atoms. The molecular formula is C27H38N2O6. The molecule has 2 aliphatic rings. The third-order valence-electron chi connectivity index (χ3n) is 7.04. The number of fused-ring (bicyclic) bond motifs is 3. The van der Waals surface area contributed by atoms with Crippen molar-refractivity contribution in [2.75, 3.05) is 13.2 Å². The first-order chi connectivity index (χ1) is 16.4. The van der Waals surface area contributed by atoms with Crippen LogP contribution in [0.25, 0.3) is 0 Å². The zero-order valence-corrected chi connectivity index (χ0v) is 21.1. The predicted octanol–water partition coefficient (Wildman–Crippen LogP) is 4.06. The minimum Gasteiger partial charge on any atom is -0.478 e. The maximum Gasteiger partial charge on any atom is 0.328 e. The molecule has 0 aromatic heterocycles. The molecule has 0 spiro atoms. The van der Waals surface area contributed by atoms with Crippen molar-refractivity contribution in [3.8, 4) is 0 Å². The smallest absolute Gasteiger partial charge is 0.328 e. The molecule has 4 N–H and O–H groups in total. The van der Waals surface area contributed by atoms with Gasteiger partial charge in [-0.1, -0.05) is 57.5 Å². The summed E-state index contributed by atoms with van der Waals surface area (Å²) in [4.78, 5) is 37.8. The summed E-state index contributed by atoms with van der Waals surface area (Å²) >= 11 is 0. The van der Waals surface area contributed by atoms with E-state index < -0.39 is 11.9 Å². The summed E-state index contributed by atoms with van der Waals surface area (Å²) in [5.41, 5.74) is 9.01. The highest BCUT2D eigenvalue weighted by Crippen LogP contribution is 2.55. The van der Waals surface area contributed by atoms with E-state index in [1.54, 1.807) is 0 Å². The van der Waals surface area contributed by atoms with E-state index in [0.29, 0.717) is 43.4 Å². The van der Waals surface area contributed by atoms with Crippen LogP contribution in [0.15, 0.2) is 35.5 Å². The van der Waals surface area contributed by atoms with E-state index in [-0.39, 0.29) is 16.7 Å². The van der Waals surface area contributed by atoms with Gasteiger partial charge < -0.3 is 20.8 Å². The van der Waals surface area contributed by atoms with E-state index in [1.165, 1.54) is 16.7 Å². The third-order valence-corrected chi connectivity index (χ3v) is 7.04. The quantitative estimate of drug-likeness (QED) is 0.218. The maximum atomic E-state index is 13.3. The van der Waals surface area contributed by atoms with Gasteiger partial charge >= 0.3 is 11.9 Å². The van der Waals surface area contributed by atoms with E-state index >= 15 is 0 Å². The second-order valence-electron chi connectivity index (χ2n) is 10.1. The molecule has 192 valence electrons. The molecule has 1 unspecified atom stereocenters. The van der Waals surface area contributed by atoms with Crippen LogP contribution in [0.1, 0.15) is 76.0 Å². The fourth-order valence-electron chi connectivity index (χ4n) is 5.47. The molecule has 0 heterocycles.